The van der Waals surface area contributed by atoms with E-state index in [0.717, 1.165) is 18.2 Å². The second-order valence-electron chi connectivity index (χ2n) is 5.41. The number of amides is 2. The fourth-order valence-corrected chi connectivity index (χ4v) is 2.44. The number of hydrogen-bond donors (Lipinski definition) is 3. The Morgan fingerprint density at radius 2 is 1.86 bits per heavy atom. The number of ketones is 1. The molecule has 0 bridgehead atoms. The molecule has 0 radical (unpaired) electrons. The van der Waals surface area contributed by atoms with Crippen LogP contribution in [0.3, 0.4) is 0 Å². The number of nitrogens with one attached hydrogen (secondary N) is 2. The molecule has 0 aromatic heterocycles. The van der Waals surface area contributed by atoms with Gasteiger partial charge in [-0.3, -0.25) is 25.0 Å². The molecule has 0 fully saturated rings. The van der Waals surface area contributed by atoms with E-state index in [9.17, 15) is 34.7 Å². The van der Waals surface area contributed by atoms with Gasteiger partial charge in [-0.15, -0.1) is 11.6 Å². The summed E-state index contributed by atoms with van der Waals surface area (Å²) in [5, 5.41) is 24.6. The number of nitrogens with zero attached hydrogens (tertiary/aromatic N) is 3. The number of hydrazine groups is 1. The molecule has 1 aromatic rings. The molecule has 1 rings (SSSR count). The number of para-hydroxylation sites is 1. The Morgan fingerprint density at radius 3 is 2.39 bits per heavy atom. The highest BCUT2D eigenvalue weighted by Gasteiger charge is 2.35. The van der Waals surface area contributed by atoms with Crippen LogP contribution < -0.4 is 16.5 Å². The number of rotatable bonds is 11. The van der Waals surface area contributed by atoms with E-state index in [-0.39, 0.29) is 36.7 Å². The van der Waals surface area contributed by atoms with Crippen molar-refractivity contribution in [2.75, 3.05) is 19.0 Å². The van der Waals surface area contributed by atoms with Crippen molar-refractivity contribution in [1.29, 1.82) is 0 Å². The zero-order valence-corrected chi connectivity index (χ0v) is 15.3. The number of nitroso groups, excluding NO2 is 1. The van der Waals surface area contributed by atoms with Gasteiger partial charge in [0.2, 0.25) is 6.54 Å². The molecule has 1 unspecified atom stereocenters. The van der Waals surface area contributed by atoms with Crippen molar-refractivity contribution in [3.63, 3.8) is 0 Å². The van der Waals surface area contributed by atoms with Crippen LogP contribution in [0.25, 0.3) is 0 Å². The Labute approximate surface area is 163 Å². The van der Waals surface area contributed by atoms with Crippen molar-refractivity contribution >= 4 is 34.8 Å². The number of hydrogen-bond acceptors (Lipinski definition) is 8. The van der Waals surface area contributed by atoms with Crippen LogP contribution in [0.4, 0.5) is 16.2 Å². The number of carbonyl (C=O) groups excluding carboxylic acids is 2. The van der Waals surface area contributed by atoms with E-state index in [1.54, 1.807) is 0 Å². The van der Waals surface area contributed by atoms with Crippen molar-refractivity contribution in [3.05, 3.63) is 48.9 Å². The van der Waals surface area contributed by atoms with Crippen molar-refractivity contribution in [2.24, 2.45) is 5.73 Å². The van der Waals surface area contributed by atoms with Crippen LogP contribution in [-0.2, 0) is 0 Å². The smallest absolute Gasteiger partial charge is 0.330 e. The maximum atomic E-state index is 12.8. The van der Waals surface area contributed by atoms with Crippen LogP contribution in [0.2, 0.25) is 0 Å². The molecule has 1 aromatic carbocycles. The predicted molar refractivity (Wildman–Crippen MR) is 97.0 cm³/mol. The number of alkyl halides is 1. The average Bonchev–Trinajstić information content (AvgIpc) is 2.63. The number of nitrogens with two attached hydrogens (primary N) is 1. The largest absolute Gasteiger partial charge is 0.372 e. The molecule has 0 aliphatic rings. The van der Waals surface area contributed by atoms with Crippen LogP contribution in [0.5, 0.6) is 0 Å². The molecular weight excluding hydrogens is 400 g/mol. The first-order chi connectivity index (χ1) is 13.2. The van der Waals surface area contributed by atoms with Gasteiger partial charge in [0.15, 0.2) is 5.78 Å². The lowest BCUT2D eigenvalue weighted by molar-refractivity contribution is -0.588. The molecule has 152 valence electrons. The van der Waals surface area contributed by atoms with Gasteiger partial charge in [-0.05, 0) is 25.5 Å². The van der Waals surface area contributed by atoms with E-state index in [0.29, 0.717) is 0 Å². The van der Waals surface area contributed by atoms with Gasteiger partial charge in [-0.2, -0.15) is 0 Å². The summed E-state index contributed by atoms with van der Waals surface area (Å²) in [4.78, 5) is 56.5. The molecule has 0 saturated carbocycles. The predicted octanol–water partition coefficient (Wildman–Crippen LogP) is 1.03. The molecule has 0 spiro atoms. The molecule has 1 atom stereocenters. The van der Waals surface area contributed by atoms with Crippen LogP contribution in [0, 0.1) is 25.1 Å². The standard InChI is InChI=1S/C14H17ClN6O7/c15-6-8-19(24)18-14(23)17-10(4-2-7-16)13(22)9-3-1-5-11(20(25)26)12(9)21(27)28/h1,3,5,10H,2,4,6-8,16H2,(H-,17,18,23,24)/p+1. The van der Waals surface area contributed by atoms with E-state index in [1.165, 1.54) is 0 Å². The minimum Gasteiger partial charge on any atom is -0.330 e. The molecule has 28 heavy (non-hydrogen) atoms. The number of nitro groups is 2. The molecule has 14 heteroatoms. The van der Waals surface area contributed by atoms with Gasteiger partial charge in [0.05, 0.1) is 26.7 Å². The first-order valence-electron chi connectivity index (χ1n) is 7.96. The lowest BCUT2D eigenvalue weighted by atomic mass is 9.98. The zero-order chi connectivity index (χ0) is 21.3. The second-order valence-corrected chi connectivity index (χ2v) is 5.79. The lowest BCUT2D eigenvalue weighted by Crippen LogP contribution is -2.49. The Bertz CT molecular complexity index is 787. The first kappa shape index (κ1) is 22.9. The Hall–Kier alpha value is -3.19. The van der Waals surface area contributed by atoms with E-state index in [4.69, 9.17) is 17.3 Å². The third kappa shape index (κ3) is 6.21. The maximum Gasteiger partial charge on any atom is 0.372 e. The summed E-state index contributed by atoms with van der Waals surface area (Å²) in [5.74, 6) is -0.979. The van der Waals surface area contributed by atoms with E-state index >= 15 is 0 Å². The van der Waals surface area contributed by atoms with Crippen LogP contribution in [0.1, 0.15) is 23.2 Å². The lowest BCUT2D eigenvalue weighted by Gasteiger charge is -2.16. The van der Waals surface area contributed by atoms with Crippen LogP contribution >= 0.6 is 11.6 Å². The van der Waals surface area contributed by atoms with Gasteiger partial charge in [-0.25, -0.2) is 4.79 Å². The minimum atomic E-state index is -1.30. The number of Topliss-reactive ketones (excluding diaryl/α,β-unsaturated/α-hetero) is 1. The Balaban J connectivity index is 3.19. The normalized spacial score (nSPS) is 11.4. The second kappa shape index (κ2) is 10.8. The highest BCUT2D eigenvalue weighted by Crippen LogP contribution is 2.31. The first-order valence-corrected chi connectivity index (χ1v) is 8.50. The van der Waals surface area contributed by atoms with Gasteiger partial charge in [0.25, 0.3) is 0 Å². The van der Waals surface area contributed by atoms with E-state index in [2.05, 4.69) is 5.32 Å². The third-order valence-electron chi connectivity index (χ3n) is 3.49. The Kier molecular flexibility index (Phi) is 8.84. The van der Waals surface area contributed by atoms with Crippen LogP contribution in [-0.4, -0.2) is 51.5 Å². The maximum absolute atomic E-state index is 12.8. The highest BCUT2D eigenvalue weighted by molar-refractivity contribution is 6.17. The Morgan fingerprint density at radius 1 is 1.18 bits per heavy atom. The molecular formula is C14H18ClN6O7+. The molecule has 13 nitrogen and oxygen atoms in total. The molecule has 4 N–H and O–H groups in total. The van der Waals surface area contributed by atoms with Crippen molar-refractivity contribution in [2.45, 2.75) is 18.9 Å². The average molecular weight is 418 g/mol. The SMILES string of the molecule is NCCCC(NC(=O)N[N+](=O)CCCl)C(=O)c1cccc([N+](=O)[O-])c1[N+](=O)[O-]. The van der Waals surface area contributed by atoms with Gasteiger partial charge >= 0.3 is 17.4 Å². The number of nitro benzene ring substituents is 2. The summed E-state index contributed by atoms with van der Waals surface area (Å²) in [6.07, 6.45) is 0.263. The van der Waals surface area contributed by atoms with Gasteiger partial charge in [-0.1, -0.05) is 11.5 Å². The van der Waals surface area contributed by atoms with Crippen molar-refractivity contribution in [3.8, 4) is 0 Å². The van der Waals surface area contributed by atoms with Crippen LogP contribution in [0.15, 0.2) is 18.2 Å². The number of carbonyl (C=O) groups is 2. The van der Waals surface area contributed by atoms with Crippen molar-refractivity contribution < 1.29 is 24.3 Å². The van der Waals surface area contributed by atoms with Gasteiger partial charge in [0.1, 0.15) is 10.4 Å². The summed E-state index contributed by atoms with van der Waals surface area (Å²) in [6, 6.07) is 0.733. The fraction of sp³-hybridized carbons (Fsp3) is 0.429. The van der Waals surface area contributed by atoms with Gasteiger partial charge in [0, 0.05) is 6.07 Å². The highest BCUT2D eigenvalue weighted by atomic mass is 35.5. The summed E-state index contributed by atoms with van der Waals surface area (Å²) in [5.41, 5.74) is 4.90. The summed E-state index contributed by atoms with van der Waals surface area (Å²) < 4.78 is 0. The molecule has 0 heterocycles. The molecule has 2 amide bonds. The monoisotopic (exact) mass is 417 g/mol. The summed E-state index contributed by atoms with van der Waals surface area (Å²) >= 11 is 5.37. The molecule has 0 aliphatic carbocycles. The van der Waals surface area contributed by atoms with Crippen molar-refractivity contribution in [1.82, 2.24) is 10.7 Å². The fourth-order valence-electron chi connectivity index (χ4n) is 2.28. The number of urea groups is 1. The summed E-state index contributed by atoms with van der Waals surface area (Å²) in [7, 11) is 0. The van der Waals surface area contributed by atoms with E-state index in [1.807, 2.05) is 5.43 Å². The minimum absolute atomic E-state index is 0.00301. The van der Waals surface area contributed by atoms with Gasteiger partial charge < -0.3 is 11.1 Å². The third-order valence-corrected chi connectivity index (χ3v) is 3.66. The quantitative estimate of drug-likeness (QED) is 0.156. The molecule has 0 aliphatic heterocycles. The summed E-state index contributed by atoms with van der Waals surface area (Å²) in [6.45, 7) is -0.0588. The zero-order valence-electron chi connectivity index (χ0n) is 14.5. The number of halogens is 1. The molecule has 0 saturated heterocycles. The van der Waals surface area contributed by atoms with E-state index < -0.39 is 44.6 Å². The topological polar surface area (TPSA) is 191 Å². The number of benzene rings is 1.